The van der Waals surface area contributed by atoms with E-state index in [-0.39, 0.29) is 18.3 Å². The Morgan fingerprint density at radius 3 is 2.24 bits per heavy atom. The molecule has 0 spiro atoms. The minimum absolute atomic E-state index is 0.344. The number of benzene rings is 2. The number of hydrogen-bond donors (Lipinski definition) is 0. The van der Waals surface area contributed by atoms with Gasteiger partial charge in [-0.1, -0.05) is 35.9 Å². The second-order valence-electron chi connectivity index (χ2n) is 7.39. The second-order valence-corrected chi connectivity index (χ2v) is 7.82. The minimum atomic E-state index is -0.371. The van der Waals surface area contributed by atoms with Gasteiger partial charge in [-0.05, 0) is 63.0 Å². The monoisotopic (exact) mass is 358 g/mol. The van der Waals surface area contributed by atoms with E-state index in [0.717, 1.165) is 22.7 Å². The van der Waals surface area contributed by atoms with Crippen LogP contribution in [0, 0.1) is 0 Å². The summed E-state index contributed by atoms with van der Waals surface area (Å²) in [6, 6.07) is 15.8. The van der Waals surface area contributed by atoms with Crippen LogP contribution in [0.15, 0.2) is 48.5 Å². The predicted molar refractivity (Wildman–Crippen MR) is 103 cm³/mol. The summed E-state index contributed by atoms with van der Waals surface area (Å²) in [7, 11) is -0.371. The molecule has 0 unspecified atom stereocenters. The maximum absolute atomic E-state index is 6.10. The molecule has 132 valence electrons. The second kappa shape index (κ2) is 7.03. The van der Waals surface area contributed by atoms with Crippen LogP contribution in [-0.2, 0) is 15.7 Å². The Balaban J connectivity index is 1.61. The fourth-order valence-electron chi connectivity index (χ4n) is 2.67. The molecule has 1 fully saturated rings. The lowest BCUT2D eigenvalue weighted by atomic mass is 9.79. The van der Waals surface area contributed by atoms with Gasteiger partial charge in [-0.3, -0.25) is 0 Å². The first-order valence-corrected chi connectivity index (χ1v) is 8.97. The Morgan fingerprint density at radius 1 is 0.960 bits per heavy atom. The summed E-state index contributed by atoms with van der Waals surface area (Å²) in [5.74, 6) is 0.821. The predicted octanol–water partition coefficient (Wildman–Crippen LogP) is 4.26. The molecular weight excluding hydrogens is 334 g/mol. The van der Waals surface area contributed by atoms with Crippen LogP contribution >= 0.6 is 11.6 Å². The molecule has 1 aliphatic heterocycles. The molecule has 0 radical (unpaired) electrons. The molecule has 5 heteroatoms. The fraction of sp³-hybridized carbons (Fsp3) is 0.400. The van der Waals surface area contributed by atoms with Gasteiger partial charge in [0, 0.05) is 11.4 Å². The molecular formula is C20H24BClO3. The van der Waals surface area contributed by atoms with Crippen molar-refractivity contribution in [3.05, 3.63) is 59.1 Å². The molecule has 1 aliphatic rings. The van der Waals surface area contributed by atoms with Gasteiger partial charge in [-0.25, -0.2) is 0 Å². The van der Waals surface area contributed by atoms with Crippen LogP contribution in [0.25, 0.3) is 0 Å². The number of ether oxygens (including phenoxy) is 1. The zero-order chi connectivity index (χ0) is 18.1. The Kier molecular flexibility index (Phi) is 5.15. The van der Waals surface area contributed by atoms with Crippen LogP contribution < -0.4 is 10.2 Å². The zero-order valence-electron chi connectivity index (χ0n) is 15.2. The van der Waals surface area contributed by atoms with Gasteiger partial charge in [0.05, 0.1) is 17.8 Å². The molecule has 2 aromatic rings. The van der Waals surface area contributed by atoms with Gasteiger partial charge >= 0.3 is 7.12 Å². The van der Waals surface area contributed by atoms with Gasteiger partial charge < -0.3 is 14.0 Å². The van der Waals surface area contributed by atoms with Gasteiger partial charge in [0.2, 0.25) is 0 Å². The van der Waals surface area contributed by atoms with Crippen LogP contribution in [0.3, 0.4) is 0 Å². The van der Waals surface area contributed by atoms with Crippen molar-refractivity contribution in [3.63, 3.8) is 0 Å². The SMILES string of the molecule is CC1(C)OB(c2cccc(OCCc3ccc(Cl)cc3)c2)OC1(C)C. The van der Waals surface area contributed by atoms with Crippen molar-refractivity contribution in [3.8, 4) is 5.75 Å². The van der Waals surface area contributed by atoms with Crippen molar-refractivity contribution < 1.29 is 14.0 Å². The van der Waals surface area contributed by atoms with Crippen molar-refractivity contribution in [1.82, 2.24) is 0 Å². The zero-order valence-corrected chi connectivity index (χ0v) is 16.0. The third kappa shape index (κ3) is 4.20. The van der Waals surface area contributed by atoms with Gasteiger partial charge in [0.1, 0.15) is 5.75 Å². The molecule has 0 aromatic heterocycles. The number of hydrogen-bond acceptors (Lipinski definition) is 3. The summed E-state index contributed by atoms with van der Waals surface area (Å²) >= 11 is 5.91. The van der Waals surface area contributed by atoms with E-state index in [0.29, 0.717) is 6.61 Å². The first kappa shape index (κ1) is 18.3. The van der Waals surface area contributed by atoms with Gasteiger partial charge in [-0.2, -0.15) is 0 Å². The summed E-state index contributed by atoms with van der Waals surface area (Å²) < 4.78 is 18.1. The van der Waals surface area contributed by atoms with Crippen LogP contribution in [-0.4, -0.2) is 24.9 Å². The molecule has 25 heavy (non-hydrogen) atoms. The van der Waals surface area contributed by atoms with Crippen molar-refractivity contribution in [2.24, 2.45) is 0 Å². The van der Waals surface area contributed by atoms with E-state index in [4.69, 9.17) is 25.6 Å². The highest BCUT2D eigenvalue weighted by Crippen LogP contribution is 2.36. The van der Waals surface area contributed by atoms with Gasteiger partial charge in [0.25, 0.3) is 0 Å². The first-order chi connectivity index (χ1) is 11.8. The highest BCUT2D eigenvalue weighted by Gasteiger charge is 2.51. The third-order valence-electron chi connectivity index (χ3n) is 4.96. The quantitative estimate of drug-likeness (QED) is 0.747. The maximum Gasteiger partial charge on any atom is 0.494 e. The molecule has 1 saturated heterocycles. The molecule has 2 aromatic carbocycles. The fourth-order valence-corrected chi connectivity index (χ4v) is 2.79. The largest absolute Gasteiger partial charge is 0.494 e. The molecule has 0 atom stereocenters. The average molecular weight is 359 g/mol. The van der Waals surface area contributed by atoms with Crippen molar-refractivity contribution in [2.75, 3.05) is 6.61 Å². The highest BCUT2D eigenvalue weighted by atomic mass is 35.5. The smallest absolute Gasteiger partial charge is 0.493 e. The molecule has 0 N–H and O–H groups in total. The van der Waals surface area contributed by atoms with Crippen molar-refractivity contribution in [1.29, 1.82) is 0 Å². The molecule has 3 nitrogen and oxygen atoms in total. The van der Waals surface area contributed by atoms with Crippen LogP contribution in [0.4, 0.5) is 0 Å². The van der Waals surface area contributed by atoms with Crippen LogP contribution in [0.5, 0.6) is 5.75 Å². The Labute approximate surface area is 155 Å². The third-order valence-corrected chi connectivity index (χ3v) is 5.21. The molecule has 1 heterocycles. The summed E-state index contributed by atoms with van der Waals surface area (Å²) in [6.45, 7) is 8.83. The van der Waals surface area contributed by atoms with Gasteiger partial charge in [-0.15, -0.1) is 0 Å². The summed E-state index contributed by atoms with van der Waals surface area (Å²) in [5.41, 5.74) is 1.49. The summed E-state index contributed by atoms with van der Waals surface area (Å²) in [4.78, 5) is 0. The molecule has 3 rings (SSSR count). The van der Waals surface area contributed by atoms with Gasteiger partial charge in [0.15, 0.2) is 0 Å². The van der Waals surface area contributed by atoms with E-state index in [1.165, 1.54) is 5.56 Å². The lowest BCUT2D eigenvalue weighted by molar-refractivity contribution is 0.00578. The topological polar surface area (TPSA) is 27.7 Å². The Morgan fingerprint density at radius 2 is 1.60 bits per heavy atom. The molecule has 0 amide bonds. The van der Waals surface area contributed by atoms with E-state index in [9.17, 15) is 0 Å². The highest BCUT2D eigenvalue weighted by molar-refractivity contribution is 6.62. The van der Waals surface area contributed by atoms with E-state index < -0.39 is 0 Å². The Bertz CT molecular complexity index is 712. The number of rotatable bonds is 5. The normalized spacial score (nSPS) is 18.4. The Hall–Kier alpha value is -1.49. The standard InChI is InChI=1S/C20H24BClO3/c1-19(2)20(3,4)25-21(24-19)16-6-5-7-18(14-16)23-13-12-15-8-10-17(22)11-9-15/h5-11,14H,12-13H2,1-4H3. The van der Waals surface area contributed by atoms with E-state index in [1.807, 2.05) is 48.5 Å². The van der Waals surface area contributed by atoms with E-state index in [2.05, 4.69) is 27.7 Å². The van der Waals surface area contributed by atoms with Crippen LogP contribution in [0.1, 0.15) is 33.3 Å². The van der Waals surface area contributed by atoms with Crippen molar-refractivity contribution >= 4 is 24.2 Å². The summed E-state index contributed by atoms with van der Waals surface area (Å²) in [5, 5.41) is 0.750. The minimum Gasteiger partial charge on any atom is -0.493 e. The summed E-state index contributed by atoms with van der Waals surface area (Å²) in [6.07, 6.45) is 0.831. The van der Waals surface area contributed by atoms with Crippen molar-refractivity contribution in [2.45, 2.75) is 45.3 Å². The van der Waals surface area contributed by atoms with E-state index in [1.54, 1.807) is 0 Å². The van der Waals surface area contributed by atoms with E-state index >= 15 is 0 Å². The lowest BCUT2D eigenvalue weighted by Crippen LogP contribution is -2.41. The van der Waals surface area contributed by atoms with Crippen LogP contribution in [0.2, 0.25) is 5.02 Å². The molecule has 0 aliphatic carbocycles. The molecule has 0 bridgehead atoms. The maximum atomic E-state index is 6.10. The average Bonchev–Trinajstić information content (AvgIpc) is 2.78. The molecule has 0 saturated carbocycles. The first-order valence-electron chi connectivity index (χ1n) is 8.60. The number of halogens is 1. The lowest BCUT2D eigenvalue weighted by Gasteiger charge is -2.32.